The highest BCUT2D eigenvalue weighted by Crippen LogP contribution is 2.33. The van der Waals surface area contributed by atoms with Crippen LogP contribution in [0.25, 0.3) is 11.1 Å². The number of carbonyl (C=O) groups is 1. The second kappa shape index (κ2) is 8.14. The number of hydrogen-bond donors (Lipinski definition) is 1. The van der Waals surface area contributed by atoms with Gasteiger partial charge in [-0.2, -0.15) is 5.10 Å². The van der Waals surface area contributed by atoms with Gasteiger partial charge in [-0.25, -0.2) is 18.1 Å². The van der Waals surface area contributed by atoms with Gasteiger partial charge in [-0.3, -0.25) is 9.48 Å². The predicted octanol–water partition coefficient (Wildman–Crippen LogP) is 2.82. The standard InChI is InChI=1S/C22H24N4O4S/c1-14(2)18-8-15(3)9-19-16-4-5-23-22(10-16)30-7-6-26-13-17(12-24-26)31(28,29)25-21(27)11-20(18)19/h4-5,8-10,12-14H,6-7,11H2,1-3H3,(H,25,27). The number of ether oxygens (including phenoxy) is 1. The number of rotatable bonds is 1. The van der Waals surface area contributed by atoms with Crippen molar-refractivity contribution in [1.82, 2.24) is 19.5 Å². The summed E-state index contributed by atoms with van der Waals surface area (Å²) < 4.78 is 34.8. The minimum Gasteiger partial charge on any atom is -0.476 e. The average Bonchev–Trinajstić information content (AvgIpc) is 3.18. The number of hydrogen-bond acceptors (Lipinski definition) is 6. The van der Waals surface area contributed by atoms with Gasteiger partial charge in [0.15, 0.2) is 0 Å². The molecule has 1 N–H and O–H groups in total. The Morgan fingerprint density at radius 1 is 1.23 bits per heavy atom. The van der Waals surface area contributed by atoms with Crippen LogP contribution >= 0.6 is 0 Å². The molecule has 1 aliphatic rings. The maximum Gasteiger partial charge on any atom is 0.267 e. The van der Waals surface area contributed by atoms with Crippen LogP contribution in [0.3, 0.4) is 0 Å². The zero-order valence-corrected chi connectivity index (χ0v) is 18.4. The fraction of sp³-hybridized carbons (Fsp3) is 0.318. The van der Waals surface area contributed by atoms with E-state index in [0.29, 0.717) is 12.4 Å². The zero-order chi connectivity index (χ0) is 22.2. The minimum atomic E-state index is -4.02. The Bertz CT molecular complexity index is 1250. The SMILES string of the molecule is Cc1cc2c(c(C(C)C)c1)CC(=O)NS(=O)(=O)c1cnn(c1)CCOc1cc-2ccn1. The highest BCUT2D eigenvalue weighted by Gasteiger charge is 2.23. The minimum absolute atomic E-state index is 0.0670. The molecule has 4 bridgehead atoms. The van der Waals surface area contributed by atoms with Crippen LogP contribution in [0, 0.1) is 6.92 Å². The molecule has 0 unspecified atom stereocenters. The van der Waals surface area contributed by atoms with Crippen molar-refractivity contribution in [2.75, 3.05) is 6.61 Å². The molecule has 0 saturated heterocycles. The highest BCUT2D eigenvalue weighted by atomic mass is 32.2. The van der Waals surface area contributed by atoms with Gasteiger partial charge in [-0.15, -0.1) is 0 Å². The van der Waals surface area contributed by atoms with E-state index in [-0.39, 0.29) is 23.8 Å². The topological polar surface area (TPSA) is 103 Å². The summed E-state index contributed by atoms with van der Waals surface area (Å²) in [5.41, 5.74) is 4.57. The second-order valence-electron chi connectivity index (χ2n) is 7.91. The Labute approximate surface area is 181 Å². The first-order valence-electron chi connectivity index (χ1n) is 10.0. The Morgan fingerprint density at radius 2 is 2.03 bits per heavy atom. The van der Waals surface area contributed by atoms with Crippen molar-refractivity contribution in [1.29, 1.82) is 0 Å². The molecule has 9 heteroatoms. The van der Waals surface area contributed by atoms with E-state index in [0.717, 1.165) is 27.8 Å². The molecule has 3 aromatic rings. The third-order valence-corrected chi connectivity index (χ3v) is 6.50. The van der Waals surface area contributed by atoms with E-state index < -0.39 is 15.9 Å². The number of nitrogens with zero attached hydrogens (tertiary/aromatic N) is 3. The number of aryl methyl sites for hydroxylation is 1. The zero-order valence-electron chi connectivity index (χ0n) is 17.6. The number of aromatic nitrogens is 3. The molecule has 0 saturated carbocycles. The predicted molar refractivity (Wildman–Crippen MR) is 115 cm³/mol. The summed E-state index contributed by atoms with van der Waals surface area (Å²) >= 11 is 0. The van der Waals surface area contributed by atoms with Gasteiger partial charge in [0.25, 0.3) is 10.0 Å². The summed E-state index contributed by atoms with van der Waals surface area (Å²) in [6.07, 6.45) is 4.19. The molecular formula is C22H24N4O4S. The van der Waals surface area contributed by atoms with Gasteiger partial charge >= 0.3 is 0 Å². The third kappa shape index (κ3) is 4.46. The Morgan fingerprint density at radius 3 is 2.81 bits per heavy atom. The molecule has 0 aliphatic carbocycles. The number of fused-ring (bicyclic) bond motifs is 6. The van der Waals surface area contributed by atoms with Gasteiger partial charge in [0, 0.05) is 18.5 Å². The van der Waals surface area contributed by atoms with Crippen LogP contribution in [0.4, 0.5) is 0 Å². The van der Waals surface area contributed by atoms with Crippen LogP contribution in [0.5, 0.6) is 5.88 Å². The summed E-state index contributed by atoms with van der Waals surface area (Å²) in [6, 6.07) is 7.75. The van der Waals surface area contributed by atoms with Gasteiger partial charge < -0.3 is 4.74 Å². The fourth-order valence-corrected chi connectivity index (χ4v) is 4.66. The molecule has 1 aromatic carbocycles. The van der Waals surface area contributed by atoms with Gasteiger partial charge in [0.1, 0.15) is 11.5 Å². The van der Waals surface area contributed by atoms with Crippen molar-refractivity contribution in [3.63, 3.8) is 0 Å². The van der Waals surface area contributed by atoms with Crippen LogP contribution in [0.1, 0.15) is 36.5 Å². The molecule has 0 atom stereocenters. The molecule has 1 amide bonds. The molecule has 31 heavy (non-hydrogen) atoms. The summed E-state index contributed by atoms with van der Waals surface area (Å²) in [4.78, 5) is 17.1. The quantitative estimate of drug-likeness (QED) is 0.624. The Balaban J connectivity index is 1.87. The van der Waals surface area contributed by atoms with E-state index in [2.05, 4.69) is 28.7 Å². The average molecular weight is 441 g/mol. The molecule has 1 aliphatic heterocycles. The van der Waals surface area contributed by atoms with E-state index in [1.54, 1.807) is 6.20 Å². The third-order valence-electron chi connectivity index (χ3n) is 5.17. The van der Waals surface area contributed by atoms with Crippen molar-refractivity contribution < 1.29 is 17.9 Å². The smallest absolute Gasteiger partial charge is 0.267 e. The van der Waals surface area contributed by atoms with E-state index >= 15 is 0 Å². The number of amides is 1. The van der Waals surface area contributed by atoms with E-state index in [9.17, 15) is 13.2 Å². The number of sulfonamides is 1. The summed E-state index contributed by atoms with van der Waals surface area (Å²) in [5.74, 6) is 0.00598. The molecule has 2 aromatic heterocycles. The van der Waals surface area contributed by atoms with Crippen molar-refractivity contribution in [3.8, 4) is 17.0 Å². The lowest BCUT2D eigenvalue weighted by Crippen LogP contribution is -2.32. The normalized spacial score (nSPS) is 15.9. The van der Waals surface area contributed by atoms with Gasteiger partial charge in [-0.05, 0) is 41.2 Å². The van der Waals surface area contributed by atoms with E-state index in [4.69, 9.17) is 4.74 Å². The lowest BCUT2D eigenvalue weighted by atomic mass is 9.87. The van der Waals surface area contributed by atoms with Crippen LogP contribution < -0.4 is 9.46 Å². The summed E-state index contributed by atoms with van der Waals surface area (Å²) in [7, 11) is -4.02. The number of benzene rings is 1. The number of nitrogens with one attached hydrogen (secondary N) is 1. The largest absolute Gasteiger partial charge is 0.476 e. The van der Waals surface area contributed by atoms with Crippen molar-refractivity contribution in [2.24, 2.45) is 0 Å². The number of carbonyl (C=O) groups excluding carboxylic acids is 1. The lowest BCUT2D eigenvalue weighted by Gasteiger charge is -2.19. The van der Waals surface area contributed by atoms with Gasteiger partial charge in [0.05, 0.1) is 19.2 Å². The molecular weight excluding hydrogens is 416 g/mol. The van der Waals surface area contributed by atoms with Crippen molar-refractivity contribution >= 4 is 15.9 Å². The van der Waals surface area contributed by atoms with Gasteiger partial charge in [0.2, 0.25) is 11.8 Å². The van der Waals surface area contributed by atoms with Crippen LogP contribution in [0.15, 0.2) is 47.8 Å². The second-order valence-corrected chi connectivity index (χ2v) is 9.59. The molecule has 0 fully saturated rings. The summed E-state index contributed by atoms with van der Waals surface area (Å²) in [5, 5.41) is 4.05. The van der Waals surface area contributed by atoms with Crippen LogP contribution in [-0.4, -0.2) is 35.7 Å². The number of pyridine rings is 1. The van der Waals surface area contributed by atoms with E-state index in [1.807, 2.05) is 31.2 Å². The molecule has 4 rings (SSSR count). The fourth-order valence-electron chi connectivity index (χ4n) is 3.73. The highest BCUT2D eigenvalue weighted by molar-refractivity contribution is 7.90. The first-order chi connectivity index (χ1) is 14.7. The lowest BCUT2D eigenvalue weighted by molar-refractivity contribution is -0.118. The monoisotopic (exact) mass is 440 g/mol. The van der Waals surface area contributed by atoms with Crippen LogP contribution in [0.2, 0.25) is 0 Å². The maximum atomic E-state index is 12.8. The molecule has 162 valence electrons. The Hall–Kier alpha value is -3.20. The van der Waals surface area contributed by atoms with Crippen molar-refractivity contribution in [3.05, 3.63) is 59.5 Å². The Kier molecular flexibility index (Phi) is 5.53. The molecule has 0 radical (unpaired) electrons. The summed E-state index contributed by atoms with van der Waals surface area (Å²) in [6.45, 7) is 6.70. The van der Waals surface area contributed by atoms with Crippen LogP contribution in [-0.2, 0) is 27.8 Å². The van der Waals surface area contributed by atoms with Gasteiger partial charge in [-0.1, -0.05) is 31.5 Å². The molecule has 3 heterocycles. The first kappa shape index (κ1) is 21.0. The molecule has 0 spiro atoms. The first-order valence-corrected chi connectivity index (χ1v) is 11.5. The van der Waals surface area contributed by atoms with Crippen molar-refractivity contribution in [2.45, 2.75) is 44.6 Å². The van der Waals surface area contributed by atoms with E-state index in [1.165, 1.54) is 17.1 Å². The maximum absolute atomic E-state index is 12.8. The molecule has 8 nitrogen and oxygen atoms in total.